The van der Waals surface area contributed by atoms with Crippen LogP contribution in [0.5, 0.6) is 5.75 Å². The molecule has 1 amide bonds. The Morgan fingerprint density at radius 3 is 2.68 bits per heavy atom. The van der Waals surface area contributed by atoms with Crippen molar-refractivity contribution in [2.45, 2.75) is 31.8 Å². The number of likely N-dealkylation sites (tertiary alicyclic amines) is 1. The Kier molecular flexibility index (Phi) is 5.51. The van der Waals surface area contributed by atoms with Crippen LogP contribution in [-0.4, -0.2) is 35.0 Å². The van der Waals surface area contributed by atoms with Crippen LogP contribution in [0.25, 0.3) is 11.1 Å². The second-order valence-electron chi connectivity index (χ2n) is 8.06. The molecule has 31 heavy (non-hydrogen) atoms. The predicted octanol–water partition coefficient (Wildman–Crippen LogP) is 5.46. The first-order valence-corrected chi connectivity index (χ1v) is 11.1. The van der Waals surface area contributed by atoms with E-state index in [0.717, 1.165) is 59.9 Å². The van der Waals surface area contributed by atoms with E-state index in [1.807, 2.05) is 59.5 Å². The van der Waals surface area contributed by atoms with Crippen molar-refractivity contribution in [1.82, 2.24) is 9.88 Å². The molecular formula is C25H24ClN3O2. The van der Waals surface area contributed by atoms with Crippen molar-refractivity contribution in [1.29, 1.82) is 0 Å². The maximum atomic E-state index is 13.0. The molecule has 0 aliphatic carbocycles. The summed E-state index contributed by atoms with van der Waals surface area (Å²) in [4.78, 5) is 19.4. The van der Waals surface area contributed by atoms with Gasteiger partial charge in [-0.3, -0.25) is 4.79 Å². The van der Waals surface area contributed by atoms with Gasteiger partial charge in [-0.15, -0.1) is 0 Å². The Morgan fingerprint density at radius 1 is 1.06 bits per heavy atom. The molecule has 3 aromatic rings. The number of hydrogen-bond acceptors (Lipinski definition) is 4. The van der Waals surface area contributed by atoms with Gasteiger partial charge in [0.2, 0.25) is 0 Å². The summed E-state index contributed by atoms with van der Waals surface area (Å²) in [6.07, 6.45) is 5.16. The van der Waals surface area contributed by atoms with Gasteiger partial charge in [0.05, 0.1) is 0 Å². The Bertz CT molecular complexity index is 1100. The van der Waals surface area contributed by atoms with E-state index >= 15 is 0 Å². The largest absolute Gasteiger partial charge is 0.479 e. The number of hydrogen-bond donors (Lipinski definition) is 1. The van der Waals surface area contributed by atoms with Crippen LogP contribution < -0.4 is 10.1 Å². The summed E-state index contributed by atoms with van der Waals surface area (Å²) in [5.41, 5.74) is 3.77. The summed E-state index contributed by atoms with van der Waals surface area (Å²) in [5.74, 6) is 1.56. The normalized spacial score (nSPS) is 17.7. The molecular weight excluding hydrogens is 410 g/mol. The number of pyridine rings is 1. The van der Waals surface area contributed by atoms with Crippen molar-refractivity contribution in [2.24, 2.45) is 0 Å². The van der Waals surface area contributed by atoms with Gasteiger partial charge in [0.1, 0.15) is 11.6 Å². The lowest BCUT2D eigenvalue weighted by Crippen LogP contribution is -2.43. The van der Waals surface area contributed by atoms with Gasteiger partial charge in [0.15, 0.2) is 6.10 Å². The minimum absolute atomic E-state index is 0.0825. The number of benzene rings is 2. The van der Waals surface area contributed by atoms with Crippen molar-refractivity contribution in [3.63, 3.8) is 0 Å². The number of amides is 1. The average Bonchev–Trinajstić information content (AvgIpc) is 3.23. The van der Waals surface area contributed by atoms with E-state index in [1.54, 1.807) is 6.20 Å². The van der Waals surface area contributed by atoms with Crippen molar-refractivity contribution >= 4 is 29.0 Å². The Labute approximate surface area is 187 Å². The zero-order valence-electron chi connectivity index (χ0n) is 17.2. The summed E-state index contributed by atoms with van der Waals surface area (Å²) in [6.45, 7) is 1.64. The fourth-order valence-electron chi connectivity index (χ4n) is 4.33. The Balaban J connectivity index is 1.42. The number of para-hydroxylation sites is 1. The third-order valence-corrected chi connectivity index (χ3v) is 6.07. The van der Waals surface area contributed by atoms with Gasteiger partial charge in [-0.1, -0.05) is 29.8 Å². The summed E-state index contributed by atoms with van der Waals surface area (Å²) in [5, 5.41) is 3.96. The van der Waals surface area contributed by atoms with E-state index in [9.17, 15) is 4.79 Å². The summed E-state index contributed by atoms with van der Waals surface area (Å²) < 4.78 is 6.23. The lowest BCUT2D eigenvalue weighted by molar-refractivity contribution is -0.138. The monoisotopic (exact) mass is 433 g/mol. The third-order valence-electron chi connectivity index (χ3n) is 5.86. The number of nitrogens with one attached hydrogen (secondary N) is 1. The van der Waals surface area contributed by atoms with Gasteiger partial charge < -0.3 is 15.0 Å². The van der Waals surface area contributed by atoms with Gasteiger partial charge in [-0.25, -0.2) is 4.98 Å². The molecule has 1 N–H and O–H groups in total. The number of ether oxygens (including phenoxy) is 1. The fourth-order valence-corrected chi connectivity index (χ4v) is 4.57. The number of carbonyl (C=O) groups excluding carboxylic acids is 1. The smallest absolute Gasteiger partial charge is 0.263 e. The molecule has 1 aromatic heterocycles. The van der Waals surface area contributed by atoms with Crippen LogP contribution in [0.1, 0.15) is 24.8 Å². The highest BCUT2D eigenvalue weighted by molar-refractivity contribution is 6.31. The van der Waals surface area contributed by atoms with E-state index in [-0.39, 0.29) is 5.91 Å². The number of fused-ring (bicyclic) bond motifs is 1. The van der Waals surface area contributed by atoms with Gasteiger partial charge in [0.25, 0.3) is 5.91 Å². The molecule has 1 unspecified atom stereocenters. The molecule has 158 valence electrons. The zero-order chi connectivity index (χ0) is 21.2. The van der Waals surface area contributed by atoms with E-state index < -0.39 is 6.10 Å². The molecule has 0 radical (unpaired) electrons. The van der Waals surface area contributed by atoms with Crippen LogP contribution >= 0.6 is 11.6 Å². The topological polar surface area (TPSA) is 54.5 Å². The van der Waals surface area contributed by atoms with Crippen LogP contribution in [0.2, 0.25) is 5.02 Å². The van der Waals surface area contributed by atoms with Crippen LogP contribution in [0, 0.1) is 0 Å². The third kappa shape index (κ3) is 4.23. The maximum absolute atomic E-state index is 13.0. The average molecular weight is 434 g/mol. The second kappa shape index (κ2) is 8.60. The van der Waals surface area contributed by atoms with E-state index in [4.69, 9.17) is 16.3 Å². The van der Waals surface area contributed by atoms with Crippen LogP contribution in [-0.2, 0) is 11.2 Å². The van der Waals surface area contributed by atoms with Gasteiger partial charge >= 0.3 is 0 Å². The zero-order valence-corrected chi connectivity index (χ0v) is 17.9. The molecule has 5 nitrogen and oxygen atoms in total. The molecule has 0 bridgehead atoms. The first kappa shape index (κ1) is 19.9. The quantitative estimate of drug-likeness (QED) is 0.593. The lowest BCUT2D eigenvalue weighted by Gasteiger charge is -2.28. The molecule has 2 aliphatic rings. The molecule has 5 rings (SSSR count). The Morgan fingerprint density at radius 2 is 1.87 bits per heavy atom. The molecule has 1 atom stereocenters. The van der Waals surface area contributed by atoms with Crippen molar-refractivity contribution in [2.75, 3.05) is 18.4 Å². The SMILES string of the molecule is O=C(C1Cc2cc(Cl)cc(-c3ccnc(Nc4ccccc4)c3)c2O1)N1CCCCC1. The van der Waals surface area contributed by atoms with E-state index in [1.165, 1.54) is 6.42 Å². The lowest BCUT2D eigenvalue weighted by atomic mass is 10.0. The number of piperidine rings is 1. The highest BCUT2D eigenvalue weighted by atomic mass is 35.5. The minimum atomic E-state index is -0.478. The molecule has 1 saturated heterocycles. The van der Waals surface area contributed by atoms with Crippen molar-refractivity contribution in [3.05, 3.63) is 71.4 Å². The highest BCUT2D eigenvalue weighted by Gasteiger charge is 2.34. The molecule has 2 aliphatic heterocycles. The number of aromatic nitrogens is 1. The van der Waals surface area contributed by atoms with Crippen molar-refractivity contribution < 1.29 is 9.53 Å². The second-order valence-corrected chi connectivity index (χ2v) is 8.50. The van der Waals surface area contributed by atoms with Crippen LogP contribution in [0.4, 0.5) is 11.5 Å². The number of rotatable bonds is 4. The van der Waals surface area contributed by atoms with Gasteiger partial charge in [-0.2, -0.15) is 0 Å². The maximum Gasteiger partial charge on any atom is 0.263 e. The first-order valence-electron chi connectivity index (χ1n) is 10.7. The van der Waals surface area contributed by atoms with Crippen LogP contribution in [0.3, 0.4) is 0 Å². The summed E-state index contributed by atoms with van der Waals surface area (Å²) in [7, 11) is 0. The summed E-state index contributed by atoms with van der Waals surface area (Å²) >= 11 is 6.44. The minimum Gasteiger partial charge on any atom is -0.479 e. The number of anilines is 2. The standard InChI is InChI=1S/C25H24ClN3O2/c26-19-13-18-14-22(25(30)29-11-5-2-6-12-29)31-24(18)21(16-19)17-9-10-27-23(15-17)28-20-7-3-1-4-8-20/h1,3-4,7-10,13,15-16,22H,2,5-6,11-12,14H2,(H,27,28). The molecule has 0 spiro atoms. The molecule has 2 aromatic carbocycles. The van der Waals surface area contributed by atoms with Crippen LogP contribution in [0.15, 0.2) is 60.8 Å². The molecule has 3 heterocycles. The number of nitrogens with zero attached hydrogens (tertiary/aromatic N) is 2. The molecule has 1 fully saturated rings. The summed E-state index contributed by atoms with van der Waals surface area (Å²) in [6, 6.07) is 17.6. The van der Waals surface area contributed by atoms with E-state index in [0.29, 0.717) is 11.4 Å². The van der Waals surface area contributed by atoms with Gasteiger partial charge in [0, 0.05) is 47.5 Å². The molecule has 0 saturated carbocycles. The fraction of sp³-hybridized carbons (Fsp3) is 0.280. The first-order chi connectivity index (χ1) is 15.2. The number of carbonyl (C=O) groups is 1. The van der Waals surface area contributed by atoms with Crippen molar-refractivity contribution in [3.8, 4) is 16.9 Å². The Hall–Kier alpha value is -3.05. The van der Waals surface area contributed by atoms with Gasteiger partial charge in [-0.05, 0) is 61.2 Å². The highest BCUT2D eigenvalue weighted by Crippen LogP contribution is 2.42. The predicted molar refractivity (Wildman–Crippen MR) is 123 cm³/mol. The molecule has 6 heteroatoms. The van der Waals surface area contributed by atoms with E-state index in [2.05, 4.69) is 10.3 Å². The number of halogens is 1.